The van der Waals surface area contributed by atoms with E-state index < -0.39 is 6.61 Å². The lowest BCUT2D eigenvalue weighted by Gasteiger charge is -2.34. The predicted molar refractivity (Wildman–Crippen MR) is 96.7 cm³/mol. The minimum atomic E-state index is -2.83. The number of rotatable bonds is 5. The number of hydrogen-bond acceptors (Lipinski definition) is 4. The zero-order valence-electron chi connectivity index (χ0n) is 15.3. The van der Waals surface area contributed by atoms with Crippen molar-refractivity contribution in [3.63, 3.8) is 0 Å². The second-order valence-electron chi connectivity index (χ2n) is 6.18. The lowest BCUT2D eigenvalue weighted by molar-refractivity contribution is -0.0498. The fraction of sp³-hybridized carbons (Fsp3) is 0.444. The van der Waals surface area contributed by atoms with Crippen molar-refractivity contribution >= 4 is 5.96 Å². The predicted octanol–water partition coefficient (Wildman–Crippen LogP) is 2.17. The molecule has 2 aromatic rings. The van der Waals surface area contributed by atoms with Crippen LogP contribution >= 0.6 is 0 Å². The number of benzene rings is 1. The van der Waals surface area contributed by atoms with Crippen LogP contribution in [0.4, 0.5) is 8.78 Å². The van der Waals surface area contributed by atoms with Crippen LogP contribution in [0.3, 0.4) is 0 Å². The third-order valence-corrected chi connectivity index (χ3v) is 4.25. The molecule has 7 nitrogen and oxygen atoms in total. The van der Waals surface area contributed by atoms with E-state index in [1.165, 1.54) is 6.07 Å². The van der Waals surface area contributed by atoms with Crippen molar-refractivity contribution in [3.05, 3.63) is 47.8 Å². The molecule has 1 N–H and O–H groups in total. The second kappa shape index (κ2) is 8.81. The van der Waals surface area contributed by atoms with Gasteiger partial charge in [0.15, 0.2) is 5.96 Å². The number of nitrogens with zero attached hydrogens (tertiary/aromatic N) is 4. The molecule has 1 atom stereocenters. The number of halogens is 2. The molecule has 0 bridgehead atoms. The molecule has 1 aromatic heterocycles. The number of guanidine groups is 1. The summed E-state index contributed by atoms with van der Waals surface area (Å²) in [4.78, 5) is 6.45. The maximum atomic E-state index is 12.4. The van der Waals surface area contributed by atoms with Crippen molar-refractivity contribution in [2.75, 3.05) is 26.7 Å². The number of alkyl halides is 2. The Morgan fingerprint density at radius 1 is 1.48 bits per heavy atom. The summed E-state index contributed by atoms with van der Waals surface area (Å²) < 4.78 is 36.8. The van der Waals surface area contributed by atoms with Crippen LogP contribution in [0.15, 0.2) is 41.7 Å². The van der Waals surface area contributed by atoms with Crippen LogP contribution in [0.5, 0.6) is 5.75 Å². The lowest BCUT2D eigenvalue weighted by atomic mass is 10.1. The largest absolute Gasteiger partial charge is 0.435 e. The molecule has 1 unspecified atom stereocenters. The van der Waals surface area contributed by atoms with Gasteiger partial charge < -0.3 is 19.7 Å². The Labute approximate surface area is 156 Å². The first-order chi connectivity index (χ1) is 13.0. The quantitative estimate of drug-likeness (QED) is 0.637. The molecule has 9 heteroatoms. The van der Waals surface area contributed by atoms with Gasteiger partial charge in [0.05, 0.1) is 19.3 Å². The summed E-state index contributed by atoms with van der Waals surface area (Å²) in [5.74, 6) is 0.870. The van der Waals surface area contributed by atoms with E-state index in [1.54, 1.807) is 30.1 Å². The molecule has 1 aliphatic heterocycles. The minimum Gasteiger partial charge on any atom is -0.435 e. The molecule has 0 saturated carbocycles. The Hall–Kier alpha value is -2.68. The van der Waals surface area contributed by atoms with Crippen LogP contribution in [0.25, 0.3) is 0 Å². The third-order valence-electron chi connectivity index (χ3n) is 4.25. The van der Waals surface area contributed by atoms with Crippen molar-refractivity contribution in [2.24, 2.45) is 12.0 Å². The summed E-state index contributed by atoms with van der Waals surface area (Å²) in [7, 11) is 3.59. The monoisotopic (exact) mass is 379 g/mol. The number of hydrogen-bond donors (Lipinski definition) is 1. The van der Waals surface area contributed by atoms with Crippen molar-refractivity contribution in [3.8, 4) is 5.75 Å². The number of morpholine rings is 1. The Morgan fingerprint density at radius 3 is 3.04 bits per heavy atom. The van der Waals surface area contributed by atoms with Crippen LogP contribution in [0.1, 0.15) is 17.2 Å². The zero-order chi connectivity index (χ0) is 19.2. The van der Waals surface area contributed by atoms with Crippen LogP contribution in [-0.4, -0.2) is 54.0 Å². The van der Waals surface area contributed by atoms with Crippen molar-refractivity contribution < 1.29 is 18.3 Å². The van der Waals surface area contributed by atoms with Gasteiger partial charge in [-0.25, -0.2) is 0 Å². The van der Waals surface area contributed by atoms with Crippen LogP contribution in [0.2, 0.25) is 0 Å². The maximum Gasteiger partial charge on any atom is 0.387 e. The molecule has 2 heterocycles. The summed E-state index contributed by atoms with van der Waals surface area (Å²) in [6.45, 7) is -0.441. The molecule has 1 aromatic carbocycles. The molecule has 27 heavy (non-hydrogen) atoms. The summed E-state index contributed by atoms with van der Waals surface area (Å²) in [5, 5.41) is 7.46. The van der Waals surface area contributed by atoms with E-state index in [2.05, 4.69) is 25.0 Å². The molecule has 0 amide bonds. The van der Waals surface area contributed by atoms with E-state index in [-0.39, 0.29) is 11.9 Å². The van der Waals surface area contributed by atoms with Crippen LogP contribution in [-0.2, 0) is 18.3 Å². The average molecular weight is 379 g/mol. The summed E-state index contributed by atoms with van der Waals surface area (Å²) in [6, 6.07) is 6.62. The first-order valence-electron chi connectivity index (χ1n) is 8.64. The van der Waals surface area contributed by atoms with Crippen molar-refractivity contribution in [2.45, 2.75) is 19.3 Å². The van der Waals surface area contributed by atoms with Gasteiger partial charge in [-0.05, 0) is 17.7 Å². The molecule has 3 rings (SSSR count). The number of ether oxygens (including phenoxy) is 2. The van der Waals surface area contributed by atoms with Gasteiger partial charge in [-0.15, -0.1) is 0 Å². The fourth-order valence-electron chi connectivity index (χ4n) is 2.99. The van der Waals surface area contributed by atoms with Gasteiger partial charge in [0, 0.05) is 38.9 Å². The van der Waals surface area contributed by atoms with Crippen LogP contribution in [0, 0.1) is 0 Å². The smallest absolute Gasteiger partial charge is 0.387 e. The van der Waals surface area contributed by atoms with Gasteiger partial charge >= 0.3 is 6.61 Å². The van der Waals surface area contributed by atoms with Crippen molar-refractivity contribution in [1.82, 2.24) is 20.0 Å². The molecular weight excluding hydrogens is 356 g/mol. The highest BCUT2D eigenvalue weighted by Gasteiger charge is 2.25. The van der Waals surface area contributed by atoms with Crippen LogP contribution < -0.4 is 10.1 Å². The summed E-state index contributed by atoms with van der Waals surface area (Å²) in [5.41, 5.74) is 1.85. The molecule has 1 saturated heterocycles. The third kappa shape index (κ3) is 5.16. The highest BCUT2D eigenvalue weighted by Crippen LogP contribution is 2.22. The Kier molecular flexibility index (Phi) is 6.23. The zero-order valence-corrected chi connectivity index (χ0v) is 15.3. The molecule has 0 aliphatic carbocycles. The van der Waals surface area contributed by atoms with Gasteiger partial charge in [0.1, 0.15) is 11.9 Å². The molecule has 0 radical (unpaired) electrons. The first-order valence-corrected chi connectivity index (χ1v) is 8.64. The van der Waals surface area contributed by atoms with E-state index in [9.17, 15) is 8.78 Å². The molecule has 1 fully saturated rings. The Morgan fingerprint density at radius 2 is 2.33 bits per heavy atom. The van der Waals surface area contributed by atoms with Crippen molar-refractivity contribution in [1.29, 1.82) is 0 Å². The summed E-state index contributed by atoms with van der Waals surface area (Å²) in [6.07, 6.45) is 3.67. The first kappa shape index (κ1) is 19.1. The summed E-state index contributed by atoms with van der Waals surface area (Å²) >= 11 is 0. The minimum absolute atomic E-state index is 0.0752. The SMILES string of the molecule is CN=C(NCc1cccc(OC(F)F)c1)N1CCOC(c2cnn(C)c2)C1. The van der Waals surface area contributed by atoms with Gasteiger partial charge in [0.25, 0.3) is 0 Å². The topological polar surface area (TPSA) is 63.9 Å². The van der Waals surface area contributed by atoms with E-state index >= 15 is 0 Å². The van der Waals surface area contributed by atoms with Gasteiger partial charge in [-0.1, -0.05) is 12.1 Å². The van der Waals surface area contributed by atoms with E-state index in [4.69, 9.17) is 4.74 Å². The highest BCUT2D eigenvalue weighted by atomic mass is 19.3. The van der Waals surface area contributed by atoms with Gasteiger partial charge in [-0.3, -0.25) is 9.67 Å². The average Bonchev–Trinajstić information content (AvgIpc) is 3.09. The maximum absolute atomic E-state index is 12.4. The Balaban J connectivity index is 1.60. The normalized spacial score (nSPS) is 18.0. The van der Waals surface area contributed by atoms with E-state index in [0.29, 0.717) is 26.2 Å². The van der Waals surface area contributed by atoms with Gasteiger partial charge in [-0.2, -0.15) is 13.9 Å². The number of nitrogens with one attached hydrogen (secondary N) is 1. The lowest BCUT2D eigenvalue weighted by Crippen LogP contribution is -2.47. The standard InChI is InChI=1S/C18H23F2N5O2/c1-21-18(22-9-13-4-3-5-15(8-13)27-17(19)20)25-6-7-26-16(12-25)14-10-23-24(2)11-14/h3-5,8,10-11,16-17H,6-7,9,12H2,1-2H3,(H,21,22). The molecule has 0 spiro atoms. The number of aliphatic imine (C=N–C) groups is 1. The fourth-order valence-corrected chi connectivity index (χ4v) is 2.99. The molecular formula is C18H23F2N5O2. The Bertz CT molecular complexity index is 781. The van der Waals surface area contributed by atoms with E-state index in [1.807, 2.05) is 19.3 Å². The molecule has 146 valence electrons. The number of aryl methyl sites for hydroxylation is 1. The second-order valence-corrected chi connectivity index (χ2v) is 6.18. The van der Waals surface area contributed by atoms with E-state index in [0.717, 1.165) is 17.1 Å². The molecule has 1 aliphatic rings. The highest BCUT2D eigenvalue weighted by molar-refractivity contribution is 5.80. The van der Waals surface area contributed by atoms with Gasteiger partial charge in [0.2, 0.25) is 0 Å². The number of aromatic nitrogens is 2.